The summed E-state index contributed by atoms with van der Waals surface area (Å²) in [5.41, 5.74) is -0.107. The molecule has 0 saturated carbocycles. The third-order valence-corrected chi connectivity index (χ3v) is 4.81. The van der Waals surface area contributed by atoms with E-state index in [9.17, 15) is 5.11 Å². The van der Waals surface area contributed by atoms with Crippen LogP contribution in [0.25, 0.3) is 0 Å². The normalized spacial score (nSPS) is 15.1. The maximum absolute atomic E-state index is 10.3. The molecule has 0 aromatic heterocycles. The zero-order valence-corrected chi connectivity index (χ0v) is 14.6. The van der Waals surface area contributed by atoms with Crippen LogP contribution in [0.3, 0.4) is 0 Å². The van der Waals surface area contributed by atoms with Gasteiger partial charge in [0.05, 0.1) is 0 Å². The molecule has 0 saturated heterocycles. The van der Waals surface area contributed by atoms with Crippen LogP contribution < -0.4 is 0 Å². The second kappa shape index (κ2) is 11.3. The second-order valence-electron chi connectivity index (χ2n) is 5.92. The Hall–Kier alpha value is -0.390. The van der Waals surface area contributed by atoms with Gasteiger partial charge in [0.2, 0.25) is 0 Å². The van der Waals surface area contributed by atoms with E-state index in [2.05, 4.69) is 32.3 Å². The molecule has 2 unspecified atom stereocenters. The number of rotatable bonds is 10. The fourth-order valence-electron chi connectivity index (χ4n) is 1.76. The van der Waals surface area contributed by atoms with Crippen molar-refractivity contribution in [2.75, 3.05) is 11.5 Å². The van der Waals surface area contributed by atoms with E-state index < -0.39 is 5.60 Å². The molecule has 1 nitrogen and oxygen atoms in total. The summed E-state index contributed by atoms with van der Waals surface area (Å²) in [6.07, 6.45) is 8.06. The lowest BCUT2D eigenvalue weighted by molar-refractivity contribution is 0.0747. The van der Waals surface area contributed by atoms with Crippen LogP contribution in [0, 0.1) is 17.8 Å². The fraction of sp³-hybridized carbons (Fsp3) is 0.778. The highest BCUT2D eigenvalue weighted by Crippen LogP contribution is 2.22. The molecule has 0 spiro atoms. The number of hydrogen-bond donors (Lipinski definition) is 1. The van der Waals surface area contributed by atoms with Crippen LogP contribution in [0.15, 0.2) is 12.2 Å². The van der Waals surface area contributed by atoms with Gasteiger partial charge in [-0.2, -0.15) is 11.8 Å². The first-order valence-electron chi connectivity index (χ1n) is 7.89. The lowest BCUT2D eigenvalue weighted by Crippen LogP contribution is -2.32. The van der Waals surface area contributed by atoms with Gasteiger partial charge in [0, 0.05) is 5.92 Å². The Morgan fingerprint density at radius 3 is 2.45 bits per heavy atom. The summed E-state index contributed by atoms with van der Waals surface area (Å²) in [6, 6.07) is 0. The van der Waals surface area contributed by atoms with Gasteiger partial charge in [-0.25, -0.2) is 0 Å². The lowest BCUT2D eigenvalue weighted by atomic mass is 9.93. The standard InChI is InChI=1S/C18H32OS/c1-6-7-8-9-10-11-14-20-15-17(4)18(5,19)13-12-16(2)3/h17,19H,2,6-11,14-15H2,1,3-5H3. The van der Waals surface area contributed by atoms with Crippen molar-refractivity contribution in [2.24, 2.45) is 5.92 Å². The average Bonchev–Trinajstić information content (AvgIpc) is 2.39. The van der Waals surface area contributed by atoms with E-state index in [-0.39, 0.29) is 5.92 Å². The third kappa shape index (κ3) is 10.4. The van der Waals surface area contributed by atoms with E-state index >= 15 is 0 Å². The number of aliphatic hydroxyl groups is 1. The molecule has 0 amide bonds. The Balaban J connectivity index is 3.75. The van der Waals surface area contributed by atoms with E-state index in [0.29, 0.717) is 0 Å². The van der Waals surface area contributed by atoms with Gasteiger partial charge in [-0.15, -0.1) is 0 Å². The van der Waals surface area contributed by atoms with Crippen molar-refractivity contribution in [1.82, 2.24) is 0 Å². The van der Waals surface area contributed by atoms with Gasteiger partial charge in [-0.1, -0.05) is 64.4 Å². The van der Waals surface area contributed by atoms with Crippen molar-refractivity contribution in [3.05, 3.63) is 12.2 Å². The van der Waals surface area contributed by atoms with E-state index in [1.54, 1.807) is 6.92 Å². The largest absolute Gasteiger partial charge is 0.378 e. The molecule has 0 heterocycles. The molecule has 0 radical (unpaired) electrons. The first-order valence-corrected chi connectivity index (χ1v) is 9.04. The molecule has 0 aliphatic heterocycles. The molecular formula is C18H32OS. The summed E-state index contributed by atoms with van der Waals surface area (Å²) in [4.78, 5) is 0. The summed E-state index contributed by atoms with van der Waals surface area (Å²) in [6.45, 7) is 11.7. The number of unbranched alkanes of at least 4 members (excludes halogenated alkanes) is 5. The monoisotopic (exact) mass is 296 g/mol. The molecule has 2 atom stereocenters. The van der Waals surface area contributed by atoms with Gasteiger partial charge < -0.3 is 5.11 Å². The van der Waals surface area contributed by atoms with Crippen LogP contribution >= 0.6 is 11.8 Å². The SMILES string of the molecule is C=C(C)C#CC(C)(O)C(C)CSCCCCCCCC. The summed E-state index contributed by atoms with van der Waals surface area (Å²) in [7, 11) is 0. The molecule has 0 bridgehead atoms. The third-order valence-electron chi connectivity index (χ3n) is 3.50. The molecule has 0 aliphatic carbocycles. The van der Waals surface area contributed by atoms with Crippen LogP contribution in [-0.2, 0) is 0 Å². The fourth-order valence-corrected chi connectivity index (χ4v) is 3.02. The van der Waals surface area contributed by atoms with Crippen LogP contribution in [0.2, 0.25) is 0 Å². The molecule has 2 heteroatoms. The zero-order chi connectivity index (χ0) is 15.4. The van der Waals surface area contributed by atoms with Crippen molar-refractivity contribution in [2.45, 2.75) is 71.8 Å². The predicted molar refractivity (Wildman–Crippen MR) is 93.1 cm³/mol. The molecule has 0 aliphatic rings. The smallest absolute Gasteiger partial charge is 0.126 e. The van der Waals surface area contributed by atoms with Gasteiger partial charge in [0.25, 0.3) is 0 Å². The first kappa shape index (κ1) is 19.6. The number of thioether (sulfide) groups is 1. The average molecular weight is 297 g/mol. The van der Waals surface area contributed by atoms with E-state index in [1.807, 2.05) is 18.7 Å². The minimum absolute atomic E-state index is 0.180. The molecule has 1 N–H and O–H groups in total. The Morgan fingerprint density at radius 2 is 1.85 bits per heavy atom. The van der Waals surface area contributed by atoms with Gasteiger partial charge in [0.1, 0.15) is 5.60 Å². The summed E-state index contributed by atoms with van der Waals surface area (Å²) >= 11 is 1.94. The van der Waals surface area contributed by atoms with Crippen molar-refractivity contribution < 1.29 is 5.11 Å². The van der Waals surface area contributed by atoms with E-state index in [1.165, 1.54) is 44.3 Å². The highest BCUT2D eigenvalue weighted by molar-refractivity contribution is 7.99. The second-order valence-corrected chi connectivity index (χ2v) is 7.07. The Kier molecular flexibility index (Phi) is 11.1. The summed E-state index contributed by atoms with van der Waals surface area (Å²) < 4.78 is 0. The topological polar surface area (TPSA) is 20.2 Å². The molecule has 116 valence electrons. The number of allylic oxidation sites excluding steroid dienone is 1. The zero-order valence-electron chi connectivity index (χ0n) is 13.8. The minimum atomic E-state index is -0.910. The van der Waals surface area contributed by atoms with Gasteiger partial charge in [-0.05, 0) is 37.3 Å². The molecular weight excluding hydrogens is 264 g/mol. The van der Waals surface area contributed by atoms with Crippen LogP contribution in [0.1, 0.15) is 66.2 Å². The van der Waals surface area contributed by atoms with Gasteiger partial charge in [-0.3, -0.25) is 0 Å². The van der Waals surface area contributed by atoms with Crippen molar-refractivity contribution in [3.8, 4) is 11.8 Å². The highest BCUT2D eigenvalue weighted by atomic mass is 32.2. The molecule has 0 fully saturated rings. The number of hydrogen-bond acceptors (Lipinski definition) is 2. The van der Waals surface area contributed by atoms with Crippen molar-refractivity contribution in [3.63, 3.8) is 0 Å². The molecule has 0 aromatic rings. The minimum Gasteiger partial charge on any atom is -0.378 e. The van der Waals surface area contributed by atoms with Crippen molar-refractivity contribution in [1.29, 1.82) is 0 Å². The quantitative estimate of drug-likeness (QED) is 0.450. The van der Waals surface area contributed by atoms with Crippen LogP contribution in [-0.4, -0.2) is 22.2 Å². The Bertz CT molecular complexity index is 322. The molecule has 20 heavy (non-hydrogen) atoms. The maximum atomic E-state index is 10.3. The highest BCUT2D eigenvalue weighted by Gasteiger charge is 2.25. The van der Waals surface area contributed by atoms with E-state index in [0.717, 1.165) is 11.3 Å². The summed E-state index contributed by atoms with van der Waals surface area (Å²) in [5, 5.41) is 10.3. The summed E-state index contributed by atoms with van der Waals surface area (Å²) in [5.74, 6) is 8.16. The Morgan fingerprint density at radius 1 is 1.25 bits per heavy atom. The van der Waals surface area contributed by atoms with Crippen LogP contribution in [0.5, 0.6) is 0 Å². The van der Waals surface area contributed by atoms with Crippen molar-refractivity contribution >= 4 is 11.8 Å². The maximum Gasteiger partial charge on any atom is 0.126 e. The van der Waals surface area contributed by atoms with Gasteiger partial charge in [0.15, 0.2) is 0 Å². The molecule has 0 aromatic carbocycles. The predicted octanol–water partition coefficient (Wildman–Crippen LogP) is 5.05. The van der Waals surface area contributed by atoms with Gasteiger partial charge >= 0.3 is 0 Å². The lowest BCUT2D eigenvalue weighted by Gasteiger charge is -2.24. The van der Waals surface area contributed by atoms with E-state index in [4.69, 9.17) is 0 Å². The molecule has 0 rings (SSSR count). The Labute approximate surface area is 130 Å². The van der Waals surface area contributed by atoms with Crippen LogP contribution in [0.4, 0.5) is 0 Å². The first-order chi connectivity index (χ1) is 9.40.